The van der Waals surface area contributed by atoms with Crippen LogP contribution in [0.4, 0.5) is 0 Å². The third kappa shape index (κ3) is 23.1. The zero-order chi connectivity index (χ0) is 75.9. The van der Waals surface area contributed by atoms with Crippen LogP contribution in [-0.2, 0) is 76.2 Å². The second kappa shape index (κ2) is 43.0. The quantitative estimate of drug-likeness (QED) is 0.0340. The number of benzene rings is 10. The molecule has 0 bridgehead atoms. The van der Waals surface area contributed by atoms with Crippen molar-refractivity contribution >= 4 is 60.7 Å². The number of aryl methyl sites for hydroxylation is 6. The standard InChI is InChI=1S/2C42H42N2O2.2C4H14NSi2.2Y/c2*1-29-23-31(3)40(45)32(24-29)27-43-38-21-13-14-22-39(38)44-28-33-25-30(2)26-37(41(33)46)42(34-15-7-4-8-16-34,35-17-9-5-10-18-35)36-19-11-6-12-20-36;2*1-6(2)5-7(3)4;;/h2*4-12,15-20,23-28,38-39,45-46H,13-14,21-22H2,1-3H3;2*6-7H,1-4H3;;/q;;2*-1;;/t38?,39-;38-,39-;;;;/m10..../s1. The maximum atomic E-state index is 12.2. The molecule has 2 aliphatic carbocycles. The Labute approximate surface area is 702 Å². The van der Waals surface area contributed by atoms with E-state index in [1.165, 1.54) is 0 Å². The molecule has 2 fully saturated rings. The molecular weight excluding hydrogens is 1540 g/mol. The second-order valence-corrected chi connectivity index (χ2v) is 41.0. The predicted molar refractivity (Wildman–Crippen MR) is 462 cm³/mol. The summed E-state index contributed by atoms with van der Waals surface area (Å²) in [5.74, 6) is 1.01. The van der Waals surface area contributed by atoms with Crippen molar-refractivity contribution in [2.24, 2.45) is 20.0 Å². The van der Waals surface area contributed by atoms with Gasteiger partial charge in [-0.1, -0.05) is 320 Å². The van der Waals surface area contributed by atoms with Gasteiger partial charge < -0.3 is 29.7 Å². The number of hydrogen-bond acceptors (Lipinski definition) is 8. The van der Waals surface area contributed by atoms with Gasteiger partial charge in [0.15, 0.2) is 0 Å². The average molecular weight is 1660 g/mol. The summed E-state index contributed by atoms with van der Waals surface area (Å²) in [6.45, 7) is 30.2. The van der Waals surface area contributed by atoms with Gasteiger partial charge in [-0.05, 0) is 158 Å². The largest absolute Gasteiger partial charge is 0.672 e. The molecule has 4 atom stereocenters. The number of phenols is 4. The van der Waals surface area contributed by atoms with Crippen LogP contribution < -0.4 is 0 Å². The monoisotopic (exact) mass is 1650 g/mol. The number of phenolic OH excluding ortho intramolecular Hbond substituents is 4. The van der Waals surface area contributed by atoms with Gasteiger partial charge in [-0.2, -0.15) is 0 Å². The van der Waals surface area contributed by atoms with Crippen molar-refractivity contribution in [1.29, 1.82) is 0 Å². The van der Waals surface area contributed by atoms with Gasteiger partial charge in [0.25, 0.3) is 0 Å². The van der Waals surface area contributed by atoms with E-state index in [-0.39, 0.29) is 113 Å². The molecular formula is C92H112N6O4Si4Y2-2. The van der Waals surface area contributed by atoms with Crippen LogP contribution in [-0.4, -0.2) is 105 Å². The number of aromatic hydroxyl groups is 4. The van der Waals surface area contributed by atoms with Crippen molar-refractivity contribution in [3.05, 3.63) is 340 Å². The molecule has 4 N–H and O–H groups in total. The average Bonchev–Trinajstić information content (AvgIpc) is 0.732. The van der Waals surface area contributed by atoms with Crippen molar-refractivity contribution in [1.82, 2.24) is 0 Å². The fourth-order valence-corrected chi connectivity index (χ4v) is 24.9. The van der Waals surface area contributed by atoms with E-state index in [2.05, 4.69) is 233 Å². The maximum Gasteiger partial charge on any atom is 0.129 e. The van der Waals surface area contributed by atoms with E-state index in [1.807, 2.05) is 125 Å². The fraction of sp³-hybridized carbons (Fsp3) is 0.304. The van der Waals surface area contributed by atoms with Gasteiger partial charge in [0.2, 0.25) is 0 Å². The first kappa shape index (κ1) is 88.3. The van der Waals surface area contributed by atoms with Crippen LogP contribution in [0.1, 0.15) is 152 Å². The minimum absolute atomic E-state index is 0. The topological polar surface area (TPSA) is 159 Å². The molecule has 2 aliphatic rings. The molecule has 0 spiro atoms. The smallest absolute Gasteiger partial charge is 0.129 e. The molecule has 558 valence electrons. The van der Waals surface area contributed by atoms with Crippen molar-refractivity contribution in [3.63, 3.8) is 0 Å². The van der Waals surface area contributed by atoms with E-state index in [4.69, 9.17) is 20.0 Å². The molecule has 0 aromatic heterocycles. The van der Waals surface area contributed by atoms with Gasteiger partial charge in [0.1, 0.15) is 23.0 Å². The molecule has 108 heavy (non-hydrogen) atoms. The molecule has 2 saturated carbocycles. The van der Waals surface area contributed by atoms with E-state index in [0.29, 0.717) is 11.1 Å². The molecule has 2 radical (unpaired) electrons. The van der Waals surface area contributed by atoms with E-state index in [1.54, 1.807) is 0 Å². The summed E-state index contributed by atoms with van der Waals surface area (Å²) in [6.07, 6.45) is 15.4. The number of rotatable bonds is 20. The number of hydrogen-bond donors (Lipinski definition) is 4. The van der Waals surface area contributed by atoms with Crippen LogP contribution >= 0.6 is 0 Å². The van der Waals surface area contributed by atoms with E-state index >= 15 is 0 Å². The number of nitrogens with zero attached hydrogens (tertiary/aromatic N) is 6. The zero-order valence-electron chi connectivity index (χ0n) is 66.2. The summed E-state index contributed by atoms with van der Waals surface area (Å²) < 4.78 is 9.11. The molecule has 0 saturated heterocycles. The molecule has 0 aliphatic heterocycles. The Morgan fingerprint density at radius 2 is 0.491 bits per heavy atom. The molecule has 12 rings (SSSR count). The Morgan fingerprint density at radius 3 is 0.685 bits per heavy atom. The van der Waals surface area contributed by atoms with Gasteiger partial charge in [0.05, 0.1) is 35.0 Å². The summed E-state index contributed by atoms with van der Waals surface area (Å²) in [5, 5.41) is 45.7. The Hall–Kier alpha value is -6.92. The van der Waals surface area contributed by atoms with Crippen LogP contribution in [0.5, 0.6) is 23.0 Å². The zero-order valence-corrected chi connectivity index (χ0v) is 76.4. The van der Waals surface area contributed by atoms with Crippen LogP contribution in [0.2, 0.25) is 52.4 Å². The van der Waals surface area contributed by atoms with Crippen LogP contribution in [0.25, 0.3) is 9.30 Å². The molecule has 10 aromatic carbocycles. The summed E-state index contributed by atoms with van der Waals surface area (Å²) in [4.78, 5) is 20.1. The van der Waals surface area contributed by atoms with Crippen LogP contribution in [0, 0.1) is 41.5 Å². The molecule has 1 unspecified atom stereocenters. The Morgan fingerprint density at radius 1 is 0.296 bits per heavy atom. The van der Waals surface area contributed by atoms with Gasteiger partial charge in [0, 0.05) is 124 Å². The minimum Gasteiger partial charge on any atom is -0.672 e. The van der Waals surface area contributed by atoms with Gasteiger partial charge in [-0.3, -0.25) is 20.0 Å². The summed E-state index contributed by atoms with van der Waals surface area (Å²) in [5.41, 5.74) is 15.4. The summed E-state index contributed by atoms with van der Waals surface area (Å²) >= 11 is 0. The SMILES string of the molecule is C[SiH](C)[N-][SiH](C)C.C[SiH](C)[N-][SiH](C)C.Cc1cc(C)c(O)c(C=NC2CCCC[C@H]2N=Cc2cc(C)cc(C(c3ccccc3)(c3ccccc3)c3ccccc3)c2O)c1.Cc1cc(C)c(O)c(C=N[C@H]2CCCC[C@@H]2N=Cc2cc(C)cc(C(c3ccccc3)(c3ccccc3)c3ccccc3)c2O)c1.[Y].[Y]. The van der Waals surface area contributed by atoms with E-state index in [0.717, 1.165) is 140 Å². The first-order valence-electron chi connectivity index (χ1n) is 38.1. The summed E-state index contributed by atoms with van der Waals surface area (Å²) in [7, 11) is -2.17. The van der Waals surface area contributed by atoms with Crippen molar-refractivity contribution in [3.8, 4) is 23.0 Å². The van der Waals surface area contributed by atoms with Crippen molar-refractivity contribution in [2.45, 2.75) is 180 Å². The molecule has 10 nitrogen and oxygen atoms in total. The first-order chi connectivity index (χ1) is 51.0. The Kier molecular flexibility index (Phi) is 35.2. The molecule has 16 heteroatoms. The van der Waals surface area contributed by atoms with E-state index in [9.17, 15) is 20.4 Å². The third-order valence-electron chi connectivity index (χ3n) is 19.8. The van der Waals surface area contributed by atoms with E-state index < -0.39 is 46.7 Å². The first-order valence-corrected chi connectivity index (χ1v) is 49.5. The van der Waals surface area contributed by atoms with Crippen LogP contribution in [0.3, 0.4) is 0 Å². The molecule has 10 aromatic rings. The fourth-order valence-electron chi connectivity index (χ4n) is 15.4. The van der Waals surface area contributed by atoms with Crippen LogP contribution in [0.15, 0.2) is 250 Å². The normalized spacial score (nSPS) is 16.0. The minimum atomic E-state index is -0.756. The van der Waals surface area contributed by atoms with Gasteiger partial charge in [-0.15, -0.1) is 0 Å². The summed E-state index contributed by atoms with van der Waals surface area (Å²) in [6, 6.07) is 78.8. The van der Waals surface area contributed by atoms with Crippen molar-refractivity contribution in [2.75, 3.05) is 0 Å². The second-order valence-electron chi connectivity index (χ2n) is 29.9. The molecule has 0 heterocycles. The Balaban J connectivity index is 0.000000251. The predicted octanol–water partition coefficient (Wildman–Crippen LogP) is 21.2. The molecule has 0 amide bonds. The number of aliphatic imine (C=N–C) groups is 4. The van der Waals surface area contributed by atoms with Gasteiger partial charge >= 0.3 is 0 Å². The van der Waals surface area contributed by atoms with Crippen molar-refractivity contribution < 1.29 is 85.8 Å². The maximum absolute atomic E-state index is 12.2. The third-order valence-corrected chi connectivity index (χ3v) is 29.3. The van der Waals surface area contributed by atoms with Gasteiger partial charge in [-0.25, -0.2) is 0 Å². The Bertz CT molecular complexity index is 4060.